The molecule has 0 bridgehead atoms. The average Bonchev–Trinajstić information content (AvgIpc) is 2.39. The topological polar surface area (TPSA) is 96.4 Å². The highest BCUT2D eigenvalue weighted by Gasteiger charge is 2.21. The summed E-state index contributed by atoms with van der Waals surface area (Å²) in [4.78, 5) is 14.5. The Labute approximate surface area is 120 Å². The third-order valence-corrected chi connectivity index (χ3v) is 4.25. The maximum atomic E-state index is 12.2. The van der Waals surface area contributed by atoms with Gasteiger partial charge in [-0.2, -0.15) is 0 Å². The maximum Gasteiger partial charge on any atom is 0.356 e. The summed E-state index contributed by atoms with van der Waals surface area (Å²) in [5.41, 5.74) is -0.511. The smallest absolute Gasteiger partial charge is 0.356 e. The number of halogens is 1. The van der Waals surface area contributed by atoms with Gasteiger partial charge in [-0.05, 0) is 24.3 Å². The number of carbonyl (C=O) groups is 1. The van der Waals surface area contributed by atoms with Gasteiger partial charge in [-0.3, -0.25) is 4.72 Å². The summed E-state index contributed by atoms with van der Waals surface area (Å²) in [6.45, 7) is 0. The van der Waals surface area contributed by atoms with E-state index in [1.165, 1.54) is 36.5 Å². The Morgan fingerprint density at radius 1 is 1.20 bits per heavy atom. The molecule has 2 aromatic rings. The molecule has 0 spiro atoms. The van der Waals surface area contributed by atoms with Gasteiger partial charge >= 0.3 is 5.97 Å². The van der Waals surface area contributed by atoms with Crippen LogP contribution < -0.4 is 4.72 Å². The molecule has 1 heterocycles. The minimum atomic E-state index is -3.99. The number of hydrogen-bond donors (Lipinski definition) is 2. The van der Waals surface area contributed by atoms with E-state index in [0.717, 1.165) is 0 Å². The highest BCUT2D eigenvalue weighted by Crippen LogP contribution is 2.24. The number of nitrogens with one attached hydrogen (secondary N) is 1. The van der Waals surface area contributed by atoms with Crippen molar-refractivity contribution in [2.75, 3.05) is 4.72 Å². The first-order chi connectivity index (χ1) is 9.42. The molecule has 2 rings (SSSR count). The number of aromatic carboxylic acids is 1. The van der Waals surface area contributed by atoms with Crippen LogP contribution in [0.1, 0.15) is 10.5 Å². The van der Waals surface area contributed by atoms with Gasteiger partial charge in [0.1, 0.15) is 4.90 Å². The third kappa shape index (κ3) is 2.89. The number of pyridine rings is 1. The first-order valence-electron chi connectivity index (χ1n) is 5.37. The van der Waals surface area contributed by atoms with Gasteiger partial charge in [0.15, 0.2) is 5.69 Å². The van der Waals surface area contributed by atoms with Gasteiger partial charge in [-0.25, -0.2) is 18.2 Å². The van der Waals surface area contributed by atoms with Crippen molar-refractivity contribution in [3.05, 3.63) is 53.3 Å². The highest BCUT2D eigenvalue weighted by atomic mass is 35.5. The molecule has 2 N–H and O–H groups in total. The summed E-state index contributed by atoms with van der Waals surface area (Å²) in [5, 5.41) is 9.01. The van der Waals surface area contributed by atoms with Crippen LogP contribution in [0.15, 0.2) is 47.5 Å². The van der Waals surface area contributed by atoms with Gasteiger partial charge in [0.25, 0.3) is 10.0 Å². The fourth-order valence-corrected chi connectivity index (χ4v) is 3.11. The predicted molar refractivity (Wildman–Crippen MR) is 73.5 cm³/mol. The van der Waals surface area contributed by atoms with E-state index < -0.39 is 16.0 Å². The first-order valence-corrected chi connectivity index (χ1v) is 7.23. The minimum absolute atomic E-state index is 0.0424. The number of carboxylic acid groups (broad SMARTS) is 1. The van der Waals surface area contributed by atoms with Gasteiger partial charge in [-0.1, -0.05) is 23.7 Å². The lowest BCUT2D eigenvalue weighted by Gasteiger charge is -2.10. The van der Waals surface area contributed by atoms with Crippen LogP contribution in [0.4, 0.5) is 5.69 Å². The molecule has 0 saturated carbocycles. The van der Waals surface area contributed by atoms with Crippen molar-refractivity contribution < 1.29 is 18.3 Å². The molecule has 1 aromatic carbocycles. The van der Waals surface area contributed by atoms with E-state index in [9.17, 15) is 13.2 Å². The number of hydrogen-bond acceptors (Lipinski definition) is 4. The lowest BCUT2D eigenvalue weighted by Crippen LogP contribution is -2.16. The molecular weight excluding hydrogens is 304 g/mol. The third-order valence-electron chi connectivity index (χ3n) is 2.38. The molecule has 0 aliphatic carbocycles. The molecule has 0 aliphatic rings. The Bertz CT molecular complexity index is 762. The number of sulfonamides is 1. The zero-order chi connectivity index (χ0) is 14.8. The number of carboxylic acids is 1. The van der Waals surface area contributed by atoms with Crippen molar-refractivity contribution in [2.24, 2.45) is 0 Å². The fourth-order valence-electron chi connectivity index (χ4n) is 1.52. The summed E-state index contributed by atoms with van der Waals surface area (Å²) in [6, 6.07) is 8.59. The van der Waals surface area contributed by atoms with Crippen LogP contribution in [0.3, 0.4) is 0 Å². The second kappa shape index (κ2) is 5.48. The molecular formula is C12H9ClN2O4S. The first kappa shape index (κ1) is 14.3. The molecule has 20 heavy (non-hydrogen) atoms. The maximum absolute atomic E-state index is 12.2. The molecule has 6 nitrogen and oxygen atoms in total. The lowest BCUT2D eigenvalue weighted by atomic mass is 10.3. The van der Waals surface area contributed by atoms with E-state index in [1.807, 2.05) is 0 Å². The Balaban J connectivity index is 2.45. The Hall–Kier alpha value is -2.12. The van der Waals surface area contributed by atoms with Gasteiger partial charge in [0.05, 0.1) is 10.7 Å². The van der Waals surface area contributed by atoms with Gasteiger partial charge in [0, 0.05) is 6.20 Å². The van der Waals surface area contributed by atoms with Crippen LogP contribution in [0.25, 0.3) is 0 Å². The number of rotatable bonds is 4. The van der Waals surface area contributed by atoms with Crippen LogP contribution in [0.5, 0.6) is 0 Å². The van der Waals surface area contributed by atoms with Gasteiger partial charge < -0.3 is 5.11 Å². The van der Waals surface area contributed by atoms with Crippen LogP contribution in [0.2, 0.25) is 5.02 Å². The molecule has 0 amide bonds. The van der Waals surface area contributed by atoms with E-state index >= 15 is 0 Å². The molecule has 0 saturated heterocycles. The second-order valence-corrected chi connectivity index (χ2v) is 5.80. The summed E-state index contributed by atoms with van der Waals surface area (Å²) < 4.78 is 26.5. The number of nitrogens with zero attached hydrogens (tertiary/aromatic N) is 1. The summed E-state index contributed by atoms with van der Waals surface area (Å²) in [7, 11) is -3.99. The molecule has 0 unspecified atom stereocenters. The molecule has 0 atom stereocenters. The standard InChI is InChI=1S/C12H9ClN2O4S/c13-8-4-1-2-6-10(8)20(18,19)15-9-5-3-7-14-11(9)12(16)17/h1-7,15H,(H,16,17). The van der Waals surface area contributed by atoms with E-state index in [2.05, 4.69) is 9.71 Å². The highest BCUT2D eigenvalue weighted by molar-refractivity contribution is 7.92. The molecule has 8 heteroatoms. The predicted octanol–water partition coefficient (Wildman–Crippen LogP) is 2.23. The summed E-state index contributed by atoms with van der Waals surface area (Å²) >= 11 is 5.83. The Kier molecular flexibility index (Phi) is 3.91. The van der Waals surface area contributed by atoms with Crippen molar-refractivity contribution in [1.29, 1.82) is 0 Å². The zero-order valence-electron chi connectivity index (χ0n) is 9.95. The Morgan fingerprint density at radius 3 is 2.55 bits per heavy atom. The molecule has 104 valence electrons. The monoisotopic (exact) mass is 312 g/mol. The molecule has 0 aliphatic heterocycles. The number of aromatic nitrogens is 1. The van der Waals surface area contributed by atoms with Crippen molar-refractivity contribution in [1.82, 2.24) is 4.98 Å². The number of benzene rings is 1. The van der Waals surface area contributed by atoms with E-state index in [0.29, 0.717) is 0 Å². The summed E-state index contributed by atoms with van der Waals surface area (Å²) in [6.07, 6.45) is 1.26. The quantitative estimate of drug-likeness (QED) is 0.902. The van der Waals surface area contributed by atoms with Crippen LogP contribution in [-0.4, -0.2) is 24.5 Å². The fraction of sp³-hybridized carbons (Fsp3) is 0. The van der Waals surface area contributed by atoms with Gasteiger partial charge in [0.2, 0.25) is 0 Å². The van der Waals surface area contributed by atoms with Crippen LogP contribution in [-0.2, 0) is 10.0 Å². The lowest BCUT2D eigenvalue weighted by molar-refractivity contribution is 0.0692. The van der Waals surface area contributed by atoms with Crippen LogP contribution >= 0.6 is 11.6 Å². The van der Waals surface area contributed by atoms with E-state index in [4.69, 9.17) is 16.7 Å². The zero-order valence-corrected chi connectivity index (χ0v) is 11.5. The normalized spacial score (nSPS) is 11.1. The SMILES string of the molecule is O=C(O)c1ncccc1NS(=O)(=O)c1ccccc1Cl. The van der Waals surface area contributed by atoms with Gasteiger partial charge in [-0.15, -0.1) is 0 Å². The largest absolute Gasteiger partial charge is 0.476 e. The molecule has 0 radical (unpaired) electrons. The number of anilines is 1. The average molecular weight is 313 g/mol. The van der Waals surface area contributed by atoms with Crippen molar-refractivity contribution in [3.63, 3.8) is 0 Å². The Morgan fingerprint density at radius 2 is 1.90 bits per heavy atom. The van der Waals surface area contributed by atoms with Crippen LogP contribution in [0, 0.1) is 0 Å². The minimum Gasteiger partial charge on any atom is -0.476 e. The van der Waals surface area contributed by atoms with Crippen molar-refractivity contribution in [3.8, 4) is 0 Å². The molecule has 0 fully saturated rings. The molecule has 1 aromatic heterocycles. The second-order valence-electron chi connectivity index (χ2n) is 3.74. The van der Waals surface area contributed by atoms with Crippen molar-refractivity contribution in [2.45, 2.75) is 4.90 Å². The van der Waals surface area contributed by atoms with E-state index in [1.54, 1.807) is 6.07 Å². The summed E-state index contributed by atoms with van der Waals surface area (Å²) in [5.74, 6) is -1.33. The van der Waals surface area contributed by atoms with Crippen molar-refractivity contribution >= 4 is 33.3 Å². The van der Waals surface area contributed by atoms with E-state index in [-0.39, 0.29) is 21.3 Å².